The predicted molar refractivity (Wildman–Crippen MR) is 134 cm³/mol. The number of hydrogen-bond acceptors (Lipinski definition) is 6. The first-order chi connectivity index (χ1) is 17.1. The fourth-order valence-corrected chi connectivity index (χ4v) is 4.01. The van der Waals surface area contributed by atoms with E-state index in [1.54, 1.807) is 12.1 Å². The molecule has 35 heavy (non-hydrogen) atoms. The van der Waals surface area contributed by atoms with Crippen molar-refractivity contribution in [1.29, 1.82) is 10.8 Å². The van der Waals surface area contributed by atoms with Gasteiger partial charge in [0.2, 0.25) is 22.3 Å². The van der Waals surface area contributed by atoms with Crippen LogP contribution in [-0.4, -0.2) is 26.4 Å². The van der Waals surface area contributed by atoms with E-state index in [2.05, 4.69) is 9.95 Å². The fraction of sp³-hybridized carbons (Fsp3) is 0.333. The van der Waals surface area contributed by atoms with Crippen molar-refractivity contribution in [3.63, 3.8) is 0 Å². The lowest BCUT2D eigenvalue weighted by molar-refractivity contribution is 0.324. The number of nitrogens with zero attached hydrogens (tertiary/aromatic N) is 4. The third-order valence-corrected chi connectivity index (χ3v) is 5.35. The second-order valence-electron chi connectivity index (χ2n) is 7.49. The summed E-state index contributed by atoms with van der Waals surface area (Å²) in [7, 11) is 0. The van der Waals surface area contributed by atoms with Gasteiger partial charge >= 0.3 is 11.4 Å². The zero-order chi connectivity index (χ0) is 25.2. The molecule has 0 bridgehead atoms. The maximum absolute atomic E-state index is 9.59. The van der Waals surface area contributed by atoms with Gasteiger partial charge in [-0.1, -0.05) is 30.3 Å². The Balaban J connectivity index is 2.39. The monoisotopic (exact) mass is 474 g/mol. The van der Waals surface area contributed by atoms with Gasteiger partial charge in [-0.3, -0.25) is 0 Å². The largest absolute Gasteiger partial charge is 0.493 e. The molecule has 3 aromatic rings. The molecule has 3 rings (SSSR count). The molecule has 0 saturated heterocycles. The molecule has 0 aliphatic carbocycles. The van der Waals surface area contributed by atoms with Crippen molar-refractivity contribution in [3.8, 4) is 23.0 Å². The van der Waals surface area contributed by atoms with Crippen molar-refractivity contribution < 1.29 is 18.9 Å². The second kappa shape index (κ2) is 12.2. The Hall–Kier alpha value is -4.30. The van der Waals surface area contributed by atoms with Crippen LogP contribution in [0.3, 0.4) is 0 Å². The Labute approximate surface area is 205 Å². The predicted octanol–water partition coefficient (Wildman–Crippen LogP) is 7.43. The normalized spacial score (nSPS) is 10.4. The van der Waals surface area contributed by atoms with Gasteiger partial charge in [0, 0.05) is 17.0 Å². The first kappa shape index (κ1) is 25.3. The Morgan fingerprint density at radius 1 is 0.600 bits per heavy atom. The van der Waals surface area contributed by atoms with Crippen LogP contribution in [0.15, 0.2) is 54.6 Å². The lowest BCUT2D eigenvalue weighted by Crippen LogP contribution is -2.10. The second-order valence-corrected chi connectivity index (χ2v) is 7.49. The summed E-state index contributed by atoms with van der Waals surface area (Å²) in [6.07, 6.45) is 0. The van der Waals surface area contributed by atoms with Gasteiger partial charge in [0.15, 0.2) is 9.95 Å². The molecule has 0 unspecified atom stereocenters. The van der Waals surface area contributed by atoms with Crippen LogP contribution in [0.25, 0.3) is 9.95 Å². The summed E-state index contributed by atoms with van der Waals surface area (Å²) in [5, 5.41) is 19.2. The molecule has 0 fully saturated rings. The third kappa shape index (κ3) is 5.62. The van der Waals surface area contributed by atoms with E-state index in [0.29, 0.717) is 49.4 Å². The summed E-state index contributed by atoms with van der Waals surface area (Å²) in [5.41, 5.74) is 3.12. The Morgan fingerprint density at radius 3 is 1.37 bits per heavy atom. The van der Waals surface area contributed by atoms with Gasteiger partial charge < -0.3 is 18.9 Å². The number of diazo groups is 2. The van der Waals surface area contributed by atoms with Gasteiger partial charge in [0.25, 0.3) is 0 Å². The molecule has 0 N–H and O–H groups in total. The van der Waals surface area contributed by atoms with E-state index >= 15 is 0 Å². The summed E-state index contributed by atoms with van der Waals surface area (Å²) < 4.78 is 23.6. The van der Waals surface area contributed by atoms with E-state index in [9.17, 15) is 10.8 Å². The summed E-state index contributed by atoms with van der Waals surface area (Å²) in [4.78, 5) is 6.79. The van der Waals surface area contributed by atoms with Gasteiger partial charge in [-0.2, -0.15) is 0 Å². The van der Waals surface area contributed by atoms with Crippen molar-refractivity contribution in [2.45, 2.75) is 33.6 Å². The summed E-state index contributed by atoms with van der Waals surface area (Å²) in [6, 6.07) is 16.9. The maximum atomic E-state index is 9.59. The number of rotatable bonds is 11. The number of hydrogen-bond donors (Lipinski definition) is 0. The van der Waals surface area contributed by atoms with Crippen LogP contribution in [-0.2, 0) is 0 Å². The minimum atomic E-state index is -0.363. The van der Waals surface area contributed by atoms with Crippen LogP contribution in [0, 0.1) is 10.8 Å². The molecular formula is C27H30N4O4+2. The summed E-state index contributed by atoms with van der Waals surface area (Å²) >= 11 is 0. The molecule has 0 spiro atoms. The van der Waals surface area contributed by atoms with Gasteiger partial charge in [-0.25, -0.2) is 0 Å². The quantitative estimate of drug-likeness (QED) is 0.212. The van der Waals surface area contributed by atoms with E-state index in [0.717, 1.165) is 16.7 Å². The molecule has 0 aromatic heterocycles. The van der Waals surface area contributed by atoms with E-state index in [4.69, 9.17) is 18.9 Å². The first-order valence-electron chi connectivity index (χ1n) is 11.7. The minimum absolute atomic E-state index is 0.278. The van der Waals surface area contributed by atoms with E-state index in [-0.39, 0.29) is 17.3 Å². The third-order valence-electron chi connectivity index (χ3n) is 5.35. The molecule has 0 amide bonds. The maximum Gasteiger partial charge on any atom is 0.430 e. The minimum Gasteiger partial charge on any atom is -0.493 e. The Bertz CT molecular complexity index is 1160. The average molecular weight is 475 g/mol. The molecule has 0 heterocycles. The molecule has 0 aliphatic rings. The highest BCUT2D eigenvalue weighted by Gasteiger charge is 2.31. The average Bonchev–Trinajstić information content (AvgIpc) is 2.88. The van der Waals surface area contributed by atoms with E-state index in [1.807, 2.05) is 70.2 Å². The van der Waals surface area contributed by atoms with Gasteiger partial charge in [-0.05, 0) is 45.4 Å². The molecule has 0 atom stereocenters. The molecule has 3 aromatic carbocycles. The smallest absolute Gasteiger partial charge is 0.430 e. The number of benzene rings is 3. The van der Waals surface area contributed by atoms with Crippen LogP contribution in [0.2, 0.25) is 0 Å². The van der Waals surface area contributed by atoms with Gasteiger partial charge in [-0.15, -0.1) is 0 Å². The molecule has 180 valence electrons. The molecule has 8 nitrogen and oxygen atoms in total. The molecule has 0 radical (unpaired) electrons. The molecule has 0 saturated carbocycles. The van der Waals surface area contributed by atoms with Crippen LogP contribution in [0.4, 0.5) is 11.4 Å². The Kier molecular flexibility index (Phi) is 8.86. The first-order valence-corrected chi connectivity index (χ1v) is 11.7. The number of ether oxygens (including phenoxy) is 4. The SMILES string of the molecule is CCOc1cc(C(c2ccccc2)c2cc(OCC)c([N+]#N)cc2OCC)c(OCC)cc1[N+]#N. The van der Waals surface area contributed by atoms with E-state index < -0.39 is 0 Å². The van der Waals surface area contributed by atoms with E-state index in [1.165, 1.54) is 0 Å². The highest BCUT2D eigenvalue weighted by atomic mass is 16.5. The van der Waals surface area contributed by atoms with Crippen molar-refractivity contribution >= 4 is 11.4 Å². The topological polar surface area (TPSA) is 93.2 Å². The highest BCUT2D eigenvalue weighted by molar-refractivity contribution is 5.69. The van der Waals surface area contributed by atoms with Crippen molar-refractivity contribution in [3.05, 3.63) is 81.2 Å². The zero-order valence-electron chi connectivity index (χ0n) is 20.5. The lowest BCUT2D eigenvalue weighted by Gasteiger charge is -2.24. The van der Waals surface area contributed by atoms with Gasteiger partial charge in [0.1, 0.15) is 11.5 Å². The molecular weight excluding hydrogens is 444 g/mol. The van der Waals surface area contributed by atoms with Crippen LogP contribution < -0.4 is 18.9 Å². The van der Waals surface area contributed by atoms with Gasteiger partial charge in [0.05, 0.1) is 38.6 Å². The molecule has 0 aliphatic heterocycles. The Morgan fingerprint density at radius 2 is 1.00 bits per heavy atom. The highest BCUT2D eigenvalue weighted by Crippen LogP contribution is 2.48. The summed E-state index contributed by atoms with van der Waals surface area (Å²) in [6.45, 7) is 9.15. The summed E-state index contributed by atoms with van der Waals surface area (Å²) in [5.74, 6) is 1.60. The van der Waals surface area contributed by atoms with Crippen LogP contribution in [0.5, 0.6) is 23.0 Å². The zero-order valence-corrected chi connectivity index (χ0v) is 20.5. The van der Waals surface area contributed by atoms with Crippen molar-refractivity contribution in [2.24, 2.45) is 0 Å². The van der Waals surface area contributed by atoms with Crippen LogP contribution in [0.1, 0.15) is 50.3 Å². The molecule has 8 heteroatoms. The lowest BCUT2D eigenvalue weighted by atomic mass is 9.83. The fourth-order valence-electron chi connectivity index (χ4n) is 4.01. The van der Waals surface area contributed by atoms with Crippen molar-refractivity contribution in [1.82, 2.24) is 0 Å². The van der Waals surface area contributed by atoms with Crippen LogP contribution >= 0.6 is 0 Å². The standard InChI is InChI=1S/C27H30N4O4/c1-5-32-23-16-21(30-28)25(34-7-3)14-19(23)27(18-12-10-9-11-13-18)20-15-26(35-8-4)22(31-29)17-24(20)33-6-2/h9-17,27H,5-8H2,1-4H3/q+2. The van der Waals surface area contributed by atoms with Crippen molar-refractivity contribution in [2.75, 3.05) is 26.4 Å².